The van der Waals surface area contributed by atoms with E-state index in [4.69, 9.17) is 5.84 Å². The summed E-state index contributed by atoms with van der Waals surface area (Å²) in [6.45, 7) is 0. The summed E-state index contributed by atoms with van der Waals surface area (Å²) in [5.41, 5.74) is 2.55. The monoisotopic (exact) mass is 254 g/mol. The van der Waals surface area contributed by atoms with E-state index in [1.165, 1.54) is 4.80 Å². The van der Waals surface area contributed by atoms with E-state index in [0.717, 1.165) is 18.2 Å². The number of hydrogen-bond acceptors (Lipinski definition) is 5. The molecule has 0 amide bonds. The summed E-state index contributed by atoms with van der Waals surface area (Å²) in [5, 5.41) is 11.4. The van der Waals surface area contributed by atoms with Gasteiger partial charge in [-0.25, -0.2) is 8.78 Å². The molecule has 2 rings (SSSR count). The van der Waals surface area contributed by atoms with Gasteiger partial charge in [0.2, 0.25) is 0 Å². The van der Waals surface area contributed by atoms with Gasteiger partial charge in [-0.05, 0) is 23.4 Å². The molecule has 3 N–H and O–H groups in total. The van der Waals surface area contributed by atoms with Crippen molar-refractivity contribution < 1.29 is 8.78 Å². The quantitative estimate of drug-likeness (QED) is 0.603. The van der Waals surface area contributed by atoms with Gasteiger partial charge in [-0.3, -0.25) is 11.3 Å². The van der Waals surface area contributed by atoms with Crippen molar-refractivity contribution in [1.82, 2.24) is 25.6 Å². The van der Waals surface area contributed by atoms with Gasteiger partial charge in [0.15, 0.2) is 5.82 Å². The molecule has 0 fully saturated rings. The Morgan fingerprint density at radius 2 is 2.22 bits per heavy atom. The summed E-state index contributed by atoms with van der Waals surface area (Å²) in [6.07, 6.45) is 0.213. The van der Waals surface area contributed by atoms with Crippen molar-refractivity contribution in [2.75, 3.05) is 0 Å². The minimum Gasteiger partial charge on any atom is -0.271 e. The van der Waals surface area contributed by atoms with Crippen molar-refractivity contribution in [2.24, 2.45) is 12.9 Å². The second kappa shape index (κ2) is 5.15. The number of halogens is 2. The fourth-order valence-electron chi connectivity index (χ4n) is 1.63. The summed E-state index contributed by atoms with van der Waals surface area (Å²) in [7, 11) is 1.62. The standard InChI is InChI=1S/C10H12F2N6/c1-18-16-10(15-17-18)5-9(14-13)7-4-6(11)2-3-8(7)12/h2-4,9,14H,5,13H2,1H3. The minimum atomic E-state index is -0.620. The van der Waals surface area contributed by atoms with Gasteiger partial charge in [0.25, 0.3) is 0 Å². The van der Waals surface area contributed by atoms with Crippen LogP contribution in [-0.4, -0.2) is 20.2 Å². The Labute approximate surface area is 102 Å². The van der Waals surface area contributed by atoms with Crippen LogP contribution in [0.15, 0.2) is 18.2 Å². The highest BCUT2D eigenvalue weighted by atomic mass is 19.1. The molecule has 8 heteroatoms. The van der Waals surface area contributed by atoms with Crippen LogP contribution in [0.3, 0.4) is 0 Å². The molecule has 2 aromatic rings. The third kappa shape index (κ3) is 2.66. The second-order valence-corrected chi connectivity index (χ2v) is 3.78. The van der Waals surface area contributed by atoms with E-state index in [0.29, 0.717) is 5.82 Å². The molecule has 18 heavy (non-hydrogen) atoms. The highest BCUT2D eigenvalue weighted by Gasteiger charge is 2.18. The summed E-state index contributed by atoms with van der Waals surface area (Å²) in [6, 6.07) is 2.58. The number of aromatic nitrogens is 4. The Hall–Kier alpha value is -1.93. The van der Waals surface area contributed by atoms with Crippen LogP contribution in [0.2, 0.25) is 0 Å². The molecule has 0 saturated carbocycles. The average molecular weight is 254 g/mol. The number of benzene rings is 1. The highest BCUT2D eigenvalue weighted by Crippen LogP contribution is 2.20. The molecule has 0 aliphatic carbocycles. The lowest BCUT2D eigenvalue weighted by Gasteiger charge is -2.15. The third-order valence-corrected chi connectivity index (χ3v) is 2.47. The lowest BCUT2D eigenvalue weighted by Crippen LogP contribution is -2.30. The van der Waals surface area contributed by atoms with Gasteiger partial charge < -0.3 is 0 Å². The first kappa shape index (κ1) is 12.5. The van der Waals surface area contributed by atoms with Crippen LogP contribution in [0.5, 0.6) is 0 Å². The zero-order valence-electron chi connectivity index (χ0n) is 9.64. The van der Waals surface area contributed by atoms with Gasteiger partial charge in [-0.1, -0.05) is 0 Å². The van der Waals surface area contributed by atoms with Crippen LogP contribution in [-0.2, 0) is 13.5 Å². The SMILES string of the molecule is Cn1nnc(CC(NN)c2cc(F)ccc2F)n1. The Morgan fingerprint density at radius 1 is 1.44 bits per heavy atom. The van der Waals surface area contributed by atoms with E-state index in [2.05, 4.69) is 20.8 Å². The smallest absolute Gasteiger partial charge is 0.176 e. The van der Waals surface area contributed by atoms with E-state index in [1.54, 1.807) is 7.05 Å². The van der Waals surface area contributed by atoms with Crippen molar-refractivity contribution in [3.8, 4) is 0 Å². The number of aryl methyl sites for hydroxylation is 1. The van der Waals surface area contributed by atoms with Crippen LogP contribution in [0, 0.1) is 11.6 Å². The number of hydrazine groups is 1. The summed E-state index contributed by atoms with van der Waals surface area (Å²) < 4.78 is 26.7. The molecule has 0 radical (unpaired) electrons. The van der Waals surface area contributed by atoms with Crippen molar-refractivity contribution in [3.05, 3.63) is 41.2 Å². The van der Waals surface area contributed by atoms with Crippen LogP contribution >= 0.6 is 0 Å². The van der Waals surface area contributed by atoms with E-state index < -0.39 is 17.7 Å². The van der Waals surface area contributed by atoms with Crippen molar-refractivity contribution in [1.29, 1.82) is 0 Å². The second-order valence-electron chi connectivity index (χ2n) is 3.78. The van der Waals surface area contributed by atoms with E-state index >= 15 is 0 Å². The molecule has 0 aliphatic rings. The van der Waals surface area contributed by atoms with Gasteiger partial charge in [0.05, 0.1) is 13.1 Å². The zero-order valence-corrected chi connectivity index (χ0v) is 9.64. The maximum absolute atomic E-state index is 13.6. The predicted molar refractivity (Wildman–Crippen MR) is 58.9 cm³/mol. The van der Waals surface area contributed by atoms with E-state index in [1.807, 2.05) is 0 Å². The highest BCUT2D eigenvalue weighted by molar-refractivity contribution is 5.23. The fourth-order valence-corrected chi connectivity index (χ4v) is 1.63. The first-order chi connectivity index (χ1) is 8.60. The largest absolute Gasteiger partial charge is 0.271 e. The van der Waals surface area contributed by atoms with Crippen LogP contribution in [0.1, 0.15) is 17.4 Å². The zero-order chi connectivity index (χ0) is 13.1. The van der Waals surface area contributed by atoms with Gasteiger partial charge >= 0.3 is 0 Å². The van der Waals surface area contributed by atoms with Gasteiger partial charge in [-0.15, -0.1) is 10.2 Å². The molecule has 6 nitrogen and oxygen atoms in total. The van der Waals surface area contributed by atoms with Crippen molar-refractivity contribution >= 4 is 0 Å². The molecule has 0 spiro atoms. The normalized spacial score (nSPS) is 12.7. The number of hydrogen-bond donors (Lipinski definition) is 2. The lowest BCUT2D eigenvalue weighted by molar-refractivity contribution is 0.494. The molecule has 0 bridgehead atoms. The lowest BCUT2D eigenvalue weighted by atomic mass is 10.0. The molecule has 1 unspecified atom stereocenters. The first-order valence-electron chi connectivity index (χ1n) is 5.24. The molecule has 1 heterocycles. The third-order valence-electron chi connectivity index (χ3n) is 2.47. The molecular weight excluding hydrogens is 242 g/mol. The first-order valence-corrected chi connectivity index (χ1v) is 5.24. The summed E-state index contributed by atoms with van der Waals surface area (Å²) in [5.74, 6) is 4.68. The van der Waals surface area contributed by atoms with E-state index in [-0.39, 0.29) is 12.0 Å². The summed E-state index contributed by atoms with van der Waals surface area (Å²) >= 11 is 0. The maximum atomic E-state index is 13.6. The molecular formula is C10H12F2N6. The van der Waals surface area contributed by atoms with E-state index in [9.17, 15) is 8.78 Å². The van der Waals surface area contributed by atoms with Crippen molar-refractivity contribution in [2.45, 2.75) is 12.5 Å². The Bertz CT molecular complexity index is 541. The van der Waals surface area contributed by atoms with Gasteiger partial charge in [0.1, 0.15) is 11.6 Å². The molecule has 1 aromatic carbocycles. The number of nitrogens with two attached hydrogens (primary N) is 1. The molecule has 0 saturated heterocycles. The number of tetrazole rings is 1. The molecule has 96 valence electrons. The predicted octanol–water partition coefficient (Wildman–Crippen LogP) is 0.235. The molecule has 0 aliphatic heterocycles. The number of nitrogens with one attached hydrogen (secondary N) is 1. The summed E-state index contributed by atoms with van der Waals surface area (Å²) in [4.78, 5) is 1.28. The Balaban J connectivity index is 2.25. The van der Waals surface area contributed by atoms with Crippen LogP contribution < -0.4 is 11.3 Å². The van der Waals surface area contributed by atoms with Gasteiger partial charge in [-0.2, -0.15) is 4.80 Å². The number of rotatable bonds is 4. The van der Waals surface area contributed by atoms with Gasteiger partial charge in [0, 0.05) is 12.0 Å². The Kier molecular flexibility index (Phi) is 3.58. The molecule has 1 atom stereocenters. The Morgan fingerprint density at radius 3 is 2.83 bits per heavy atom. The van der Waals surface area contributed by atoms with Crippen LogP contribution in [0.4, 0.5) is 8.78 Å². The minimum absolute atomic E-state index is 0.130. The van der Waals surface area contributed by atoms with Crippen LogP contribution in [0.25, 0.3) is 0 Å². The molecule has 1 aromatic heterocycles. The number of nitrogens with zero attached hydrogens (tertiary/aromatic N) is 4. The average Bonchev–Trinajstić information content (AvgIpc) is 2.75. The van der Waals surface area contributed by atoms with Crippen molar-refractivity contribution in [3.63, 3.8) is 0 Å². The fraction of sp³-hybridized carbons (Fsp3) is 0.300. The maximum Gasteiger partial charge on any atom is 0.176 e. The topological polar surface area (TPSA) is 81.7 Å².